The third kappa shape index (κ3) is 8.02. The summed E-state index contributed by atoms with van der Waals surface area (Å²) in [5.41, 5.74) is 13.9. The summed E-state index contributed by atoms with van der Waals surface area (Å²) in [6.07, 6.45) is 1.91. The van der Waals surface area contributed by atoms with E-state index in [1.165, 1.54) is 33.4 Å². The molecule has 0 N–H and O–H groups in total. The molecule has 0 amide bonds. The third-order valence-corrected chi connectivity index (χ3v) is 11.2. The number of fused-ring (bicyclic) bond motifs is 3. The number of para-hydroxylation sites is 1. The van der Waals surface area contributed by atoms with Gasteiger partial charge in [-0.05, 0) is 99.5 Å². The number of hydrogen-bond donors (Lipinski definition) is 0. The van der Waals surface area contributed by atoms with Crippen LogP contribution in [0.5, 0.6) is 11.5 Å². The molecule has 0 unspecified atom stereocenters. The maximum absolute atomic E-state index is 6.76. The predicted octanol–water partition coefficient (Wildman–Crippen LogP) is 14.0. The van der Waals surface area contributed by atoms with Gasteiger partial charge in [-0.15, -0.1) is 41.3 Å². The van der Waals surface area contributed by atoms with Crippen molar-refractivity contribution < 1.29 is 25.8 Å². The Morgan fingerprint density at radius 3 is 1.91 bits per heavy atom. The molecule has 0 saturated heterocycles. The first-order valence-corrected chi connectivity index (χ1v) is 20.3. The van der Waals surface area contributed by atoms with Gasteiger partial charge >= 0.3 is 21.1 Å². The first kappa shape index (κ1) is 42.1. The van der Waals surface area contributed by atoms with Crippen LogP contribution in [0, 0.1) is 26.0 Å². The van der Waals surface area contributed by atoms with Crippen molar-refractivity contribution >= 4 is 21.8 Å². The Morgan fingerprint density at radius 1 is 0.649 bits per heavy atom. The minimum Gasteiger partial charge on any atom is -0.509 e. The molecule has 6 heteroatoms. The molecular weight excluding hydrogens is 880 g/mol. The van der Waals surface area contributed by atoms with E-state index < -0.39 is 0 Å². The zero-order valence-electron chi connectivity index (χ0n) is 36.3. The largest absolute Gasteiger partial charge is 2.00 e. The van der Waals surface area contributed by atoms with Crippen molar-refractivity contribution in [3.05, 3.63) is 130 Å². The van der Waals surface area contributed by atoms with E-state index in [0.717, 1.165) is 50.3 Å². The number of ether oxygens (including phenoxy) is 1. The summed E-state index contributed by atoms with van der Waals surface area (Å²) >= 11 is 0. The second-order valence-corrected chi connectivity index (χ2v) is 18.6. The van der Waals surface area contributed by atoms with Gasteiger partial charge in [-0.3, -0.25) is 4.68 Å². The van der Waals surface area contributed by atoms with Crippen molar-refractivity contribution in [3.63, 3.8) is 0 Å². The Balaban J connectivity index is 0.00000549. The zero-order chi connectivity index (χ0) is 40.4. The van der Waals surface area contributed by atoms with Crippen LogP contribution in [0.1, 0.15) is 140 Å². The SMILES string of the molecule is Cc1nn(-c2[c-]c(Oc3[c-]c4c(cc3)c3ccccc3n4-c3cc(C(C)(C)C)ccn3)cc(C(C)(C)C)c2)c(C)c1-c1c(C(C)C)cc(C(C)C)cc1C(C)C.[Pt+2]. The van der Waals surface area contributed by atoms with Gasteiger partial charge in [-0.25, -0.2) is 4.98 Å². The summed E-state index contributed by atoms with van der Waals surface area (Å²) in [6, 6.07) is 33.4. The molecule has 7 rings (SSSR count). The molecule has 57 heavy (non-hydrogen) atoms. The molecule has 0 atom stereocenters. The van der Waals surface area contributed by atoms with Gasteiger partial charge in [0.05, 0.1) is 5.69 Å². The van der Waals surface area contributed by atoms with Crippen molar-refractivity contribution in [1.29, 1.82) is 0 Å². The molecule has 0 aliphatic carbocycles. The summed E-state index contributed by atoms with van der Waals surface area (Å²) in [7, 11) is 0. The van der Waals surface area contributed by atoms with Gasteiger partial charge in [0.2, 0.25) is 0 Å². The Kier molecular flexibility index (Phi) is 11.6. The first-order valence-electron chi connectivity index (χ1n) is 20.3. The van der Waals surface area contributed by atoms with Crippen LogP contribution in [0.25, 0.3) is 44.4 Å². The maximum Gasteiger partial charge on any atom is 2.00 e. The van der Waals surface area contributed by atoms with Crippen molar-refractivity contribution in [1.82, 2.24) is 19.3 Å². The molecule has 0 saturated carbocycles. The number of nitrogens with zero attached hydrogens (tertiary/aromatic N) is 4. The molecular formula is C51H58N4OPt. The van der Waals surface area contributed by atoms with Crippen LogP contribution in [-0.4, -0.2) is 19.3 Å². The quantitative estimate of drug-likeness (QED) is 0.143. The van der Waals surface area contributed by atoms with Gasteiger partial charge in [-0.2, -0.15) is 11.2 Å². The molecule has 0 aliphatic rings. The molecule has 0 aliphatic heterocycles. The van der Waals surface area contributed by atoms with Crippen LogP contribution < -0.4 is 4.74 Å². The van der Waals surface area contributed by atoms with Crippen LogP contribution in [0.3, 0.4) is 0 Å². The van der Waals surface area contributed by atoms with Crippen molar-refractivity contribution in [3.8, 4) is 34.1 Å². The maximum atomic E-state index is 6.76. The predicted molar refractivity (Wildman–Crippen MR) is 234 cm³/mol. The summed E-state index contributed by atoms with van der Waals surface area (Å²) < 4.78 is 11.0. The molecule has 5 nitrogen and oxygen atoms in total. The summed E-state index contributed by atoms with van der Waals surface area (Å²) in [4.78, 5) is 4.86. The van der Waals surface area contributed by atoms with Gasteiger partial charge in [0.25, 0.3) is 0 Å². The number of benzene rings is 4. The Morgan fingerprint density at radius 2 is 1.30 bits per heavy atom. The van der Waals surface area contributed by atoms with Crippen LogP contribution >= 0.6 is 0 Å². The molecule has 0 spiro atoms. The van der Waals surface area contributed by atoms with Gasteiger partial charge < -0.3 is 9.30 Å². The van der Waals surface area contributed by atoms with Crippen LogP contribution in [0.15, 0.2) is 79.0 Å². The van der Waals surface area contributed by atoms with E-state index in [4.69, 9.17) is 14.8 Å². The van der Waals surface area contributed by atoms with E-state index in [0.29, 0.717) is 29.3 Å². The monoisotopic (exact) mass is 937 g/mol. The fraction of sp³-hybridized carbons (Fsp3) is 0.373. The van der Waals surface area contributed by atoms with Gasteiger partial charge in [0.15, 0.2) is 0 Å². The fourth-order valence-corrected chi connectivity index (χ4v) is 7.91. The average molecular weight is 938 g/mol. The number of hydrogen-bond acceptors (Lipinski definition) is 3. The normalized spacial score (nSPS) is 12.4. The molecule has 3 aromatic heterocycles. The smallest absolute Gasteiger partial charge is 0.509 e. The minimum absolute atomic E-state index is 0. The minimum atomic E-state index is -0.146. The molecule has 0 bridgehead atoms. The Bertz CT molecular complexity index is 2560. The molecule has 3 heterocycles. The van der Waals surface area contributed by atoms with E-state index >= 15 is 0 Å². The van der Waals surface area contributed by atoms with Gasteiger partial charge in [0, 0.05) is 34.5 Å². The van der Waals surface area contributed by atoms with Gasteiger partial charge in [0.1, 0.15) is 5.82 Å². The second-order valence-electron chi connectivity index (χ2n) is 18.6. The molecule has 0 fully saturated rings. The summed E-state index contributed by atoms with van der Waals surface area (Å²) in [6.45, 7) is 31.5. The Labute approximate surface area is 355 Å². The third-order valence-electron chi connectivity index (χ3n) is 11.2. The zero-order valence-corrected chi connectivity index (χ0v) is 38.5. The molecule has 298 valence electrons. The van der Waals surface area contributed by atoms with E-state index in [-0.39, 0.29) is 31.9 Å². The van der Waals surface area contributed by atoms with Crippen molar-refractivity contribution in [2.24, 2.45) is 0 Å². The number of aromatic nitrogens is 4. The number of pyridine rings is 1. The average Bonchev–Trinajstić information content (AvgIpc) is 3.62. The summed E-state index contributed by atoms with van der Waals surface area (Å²) in [5, 5.41) is 7.48. The second kappa shape index (κ2) is 15.7. The van der Waals surface area contributed by atoms with E-state index in [1.54, 1.807) is 0 Å². The van der Waals surface area contributed by atoms with E-state index in [1.807, 2.05) is 12.3 Å². The molecule has 4 aromatic carbocycles. The van der Waals surface area contributed by atoms with Crippen molar-refractivity contribution in [2.45, 2.75) is 126 Å². The van der Waals surface area contributed by atoms with Crippen molar-refractivity contribution in [2.75, 3.05) is 0 Å². The summed E-state index contributed by atoms with van der Waals surface area (Å²) in [5.74, 6) is 3.29. The topological polar surface area (TPSA) is 44.9 Å². The standard InChI is InChI=1S/C51H58N4O.Pt/c1-30(2)35-23-43(31(3)4)49(44(24-35)32(5)6)48-33(7)53-55(34(48)8)38-25-37(51(12,13)14)26-40(28-38)56-39-19-20-42-41-17-15-16-18-45(41)54(46(42)29-39)47-27-36(21-22-52-47)50(9,10)11;/h15-27,30-32H,1-14H3;/q-2;+2. The number of aryl methyl sites for hydroxylation is 1. The van der Waals surface area contributed by atoms with E-state index in [2.05, 4.69) is 185 Å². The van der Waals surface area contributed by atoms with Crippen LogP contribution in [0.2, 0.25) is 0 Å². The Hall–Kier alpha value is -4.47. The number of rotatable bonds is 8. The van der Waals surface area contributed by atoms with Crippen LogP contribution in [-0.2, 0) is 31.9 Å². The first-order chi connectivity index (χ1) is 26.3. The van der Waals surface area contributed by atoms with E-state index in [9.17, 15) is 0 Å². The molecule has 7 aromatic rings. The van der Waals surface area contributed by atoms with Crippen LogP contribution in [0.4, 0.5) is 0 Å². The van der Waals surface area contributed by atoms with Gasteiger partial charge in [-0.1, -0.05) is 119 Å². The molecule has 0 radical (unpaired) electrons. The fourth-order valence-electron chi connectivity index (χ4n) is 7.91.